The topological polar surface area (TPSA) is 17.1 Å². The number of alkyl halides is 1. The van der Waals surface area contributed by atoms with Crippen LogP contribution in [0.3, 0.4) is 0 Å². The fourth-order valence-corrected chi connectivity index (χ4v) is 1.12. The van der Waals surface area contributed by atoms with E-state index >= 15 is 0 Å². The van der Waals surface area contributed by atoms with E-state index in [0.29, 0.717) is 0 Å². The van der Waals surface area contributed by atoms with Gasteiger partial charge in [0.25, 0.3) is 0 Å². The first-order valence-corrected chi connectivity index (χ1v) is 3.85. The van der Waals surface area contributed by atoms with Crippen molar-refractivity contribution < 1.29 is 9.18 Å². The molecule has 0 N–H and O–H groups in total. The summed E-state index contributed by atoms with van der Waals surface area (Å²) in [5, 5.41) is 0. The number of halogens is 1. The van der Waals surface area contributed by atoms with Crippen molar-refractivity contribution in [1.29, 1.82) is 0 Å². The second kappa shape index (κ2) is 2.92. The Morgan fingerprint density at radius 3 is 1.73 bits per heavy atom. The summed E-state index contributed by atoms with van der Waals surface area (Å²) in [6.07, 6.45) is 0.287. The standard InChI is InChI=1S/C9H17FO/c1-7(11)9(5,10)6-8(2,3)4/h6H2,1-5H3. The van der Waals surface area contributed by atoms with Gasteiger partial charge in [0.05, 0.1) is 0 Å². The van der Waals surface area contributed by atoms with Gasteiger partial charge < -0.3 is 0 Å². The van der Waals surface area contributed by atoms with Crippen LogP contribution < -0.4 is 0 Å². The maximum atomic E-state index is 13.4. The molecule has 0 radical (unpaired) electrons. The zero-order valence-corrected chi connectivity index (χ0v) is 7.99. The number of rotatable bonds is 2. The van der Waals surface area contributed by atoms with Gasteiger partial charge in [-0.3, -0.25) is 4.79 Å². The Labute approximate surface area is 68.0 Å². The lowest BCUT2D eigenvalue weighted by molar-refractivity contribution is -0.129. The lowest BCUT2D eigenvalue weighted by atomic mass is 9.82. The number of hydrogen-bond acceptors (Lipinski definition) is 1. The van der Waals surface area contributed by atoms with E-state index in [0.717, 1.165) is 0 Å². The predicted molar refractivity (Wildman–Crippen MR) is 44.3 cm³/mol. The van der Waals surface area contributed by atoms with Crippen LogP contribution >= 0.6 is 0 Å². The fraction of sp³-hybridized carbons (Fsp3) is 0.889. The summed E-state index contributed by atoms with van der Waals surface area (Å²) < 4.78 is 13.4. The average molecular weight is 160 g/mol. The van der Waals surface area contributed by atoms with Crippen LogP contribution in [0.5, 0.6) is 0 Å². The van der Waals surface area contributed by atoms with Crippen LogP contribution in [-0.4, -0.2) is 11.5 Å². The Morgan fingerprint density at radius 2 is 1.64 bits per heavy atom. The van der Waals surface area contributed by atoms with Crippen molar-refractivity contribution in [1.82, 2.24) is 0 Å². The Balaban J connectivity index is 4.25. The SMILES string of the molecule is CC(=O)C(C)(F)CC(C)(C)C. The van der Waals surface area contributed by atoms with Crippen molar-refractivity contribution in [2.75, 3.05) is 0 Å². The third kappa shape index (κ3) is 4.12. The van der Waals surface area contributed by atoms with E-state index < -0.39 is 5.67 Å². The smallest absolute Gasteiger partial charge is 0.166 e. The summed E-state index contributed by atoms with van der Waals surface area (Å²) in [6.45, 7) is 8.42. The quantitative estimate of drug-likeness (QED) is 0.607. The monoisotopic (exact) mass is 160 g/mol. The van der Waals surface area contributed by atoms with Crippen molar-refractivity contribution in [2.24, 2.45) is 5.41 Å². The predicted octanol–water partition coefficient (Wildman–Crippen LogP) is 2.74. The molecule has 2 heteroatoms. The molecule has 0 aliphatic rings. The first-order chi connectivity index (χ1) is 4.65. The highest BCUT2D eigenvalue weighted by Gasteiger charge is 2.33. The molecule has 0 fully saturated rings. The normalized spacial score (nSPS) is 17.6. The van der Waals surface area contributed by atoms with Gasteiger partial charge in [-0.05, 0) is 25.7 Å². The summed E-state index contributed by atoms with van der Waals surface area (Å²) in [6, 6.07) is 0. The van der Waals surface area contributed by atoms with Crippen LogP contribution in [0, 0.1) is 5.41 Å². The molecule has 11 heavy (non-hydrogen) atoms. The maximum Gasteiger partial charge on any atom is 0.166 e. The van der Waals surface area contributed by atoms with Gasteiger partial charge in [-0.1, -0.05) is 20.8 Å². The summed E-state index contributed by atoms with van der Waals surface area (Å²) in [5.41, 5.74) is -1.78. The van der Waals surface area contributed by atoms with E-state index in [1.54, 1.807) is 0 Å². The molecule has 0 aliphatic heterocycles. The third-order valence-electron chi connectivity index (χ3n) is 1.60. The number of Topliss-reactive ketones (excluding diaryl/α,β-unsaturated/α-hetero) is 1. The Morgan fingerprint density at radius 1 is 1.27 bits per heavy atom. The van der Waals surface area contributed by atoms with Crippen LogP contribution in [0.15, 0.2) is 0 Å². The van der Waals surface area contributed by atoms with Crippen LogP contribution in [-0.2, 0) is 4.79 Å². The van der Waals surface area contributed by atoms with Gasteiger partial charge in [0.2, 0.25) is 0 Å². The van der Waals surface area contributed by atoms with Crippen molar-refractivity contribution in [3.8, 4) is 0 Å². The minimum atomic E-state index is -1.65. The van der Waals surface area contributed by atoms with Gasteiger partial charge in [0.15, 0.2) is 11.5 Å². The Kier molecular flexibility index (Phi) is 2.81. The van der Waals surface area contributed by atoms with Crippen LogP contribution in [0.4, 0.5) is 4.39 Å². The number of carbonyl (C=O) groups is 1. The zero-order valence-electron chi connectivity index (χ0n) is 7.99. The van der Waals surface area contributed by atoms with Crippen molar-refractivity contribution in [2.45, 2.75) is 46.7 Å². The highest BCUT2D eigenvalue weighted by atomic mass is 19.1. The molecule has 0 rings (SSSR count). The van der Waals surface area contributed by atoms with E-state index in [2.05, 4.69) is 0 Å². The van der Waals surface area contributed by atoms with Crippen LogP contribution in [0.2, 0.25) is 0 Å². The van der Waals surface area contributed by atoms with Crippen LogP contribution in [0.1, 0.15) is 41.0 Å². The molecule has 0 spiro atoms. The molecule has 0 aromatic carbocycles. The van der Waals surface area contributed by atoms with Gasteiger partial charge in [-0.2, -0.15) is 0 Å². The molecule has 1 atom stereocenters. The minimum absolute atomic E-state index is 0.130. The molecule has 0 saturated heterocycles. The second-order valence-corrected chi connectivity index (χ2v) is 4.49. The molecule has 0 amide bonds. The minimum Gasteiger partial charge on any atom is -0.296 e. The van der Waals surface area contributed by atoms with E-state index in [1.165, 1.54) is 13.8 Å². The number of carbonyl (C=O) groups excluding carboxylic acids is 1. The molecule has 0 aromatic rings. The highest BCUT2D eigenvalue weighted by Crippen LogP contribution is 2.30. The summed E-state index contributed by atoms with van der Waals surface area (Å²) in [4.78, 5) is 10.8. The van der Waals surface area contributed by atoms with Gasteiger partial charge in [0, 0.05) is 0 Å². The molecule has 0 heterocycles. The van der Waals surface area contributed by atoms with Gasteiger partial charge >= 0.3 is 0 Å². The zero-order chi connectivity index (χ0) is 9.28. The second-order valence-electron chi connectivity index (χ2n) is 4.49. The molecule has 1 unspecified atom stereocenters. The fourth-order valence-electron chi connectivity index (χ4n) is 1.12. The van der Waals surface area contributed by atoms with E-state index in [-0.39, 0.29) is 17.6 Å². The third-order valence-corrected chi connectivity index (χ3v) is 1.60. The molecule has 0 aromatic heterocycles. The number of ketones is 1. The Hall–Kier alpha value is -0.400. The average Bonchev–Trinajstić information content (AvgIpc) is 1.56. The largest absolute Gasteiger partial charge is 0.296 e. The molecule has 1 nitrogen and oxygen atoms in total. The summed E-state index contributed by atoms with van der Waals surface area (Å²) in [5.74, 6) is -0.382. The molecular formula is C9H17FO. The molecule has 0 bridgehead atoms. The van der Waals surface area contributed by atoms with E-state index in [1.807, 2.05) is 20.8 Å². The lowest BCUT2D eigenvalue weighted by Gasteiger charge is -2.26. The Bertz CT molecular complexity index is 153. The maximum absolute atomic E-state index is 13.4. The van der Waals surface area contributed by atoms with Gasteiger partial charge in [-0.15, -0.1) is 0 Å². The summed E-state index contributed by atoms with van der Waals surface area (Å²) in [7, 11) is 0. The van der Waals surface area contributed by atoms with Crippen molar-refractivity contribution in [3.05, 3.63) is 0 Å². The molecule has 0 saturated carbocycles. The van der Waals surface area contributed by atoms with Gasteiger partial charge in [0.1, 0.15) is 0 Å². The summed E-state index contributed by atoms with van der Waals surface area (Å²) >= 11 is 0. The molecule has 66 valence electrons. The van der Waals surface area contributed by atoms with Gasteiger partial charge in [-0.25, -0.2) is 4.39 Å². The van der Waals surface area contributed by atoms with E-state index in [4.69, 9.17) is 0 Å². The highest BCUT2D eigenvalue weighted by molar-refractivity contribution is 5.84. The first kappa shape index (κ1) is 10.6. The van der Waals surface area contributed by atoms with Crippen LogP contribution in [0.25, 0.3) is 0 Å². The first-order valence-electron chi connectivity index (χ1n) is 3.85. The molecule has 0 aliphatic carbocycles. The lowest BCUT2D eigenvalue weighted by Crippen LogP contribution is -2.32. The molecular weight excluding hydrogens is 143 g/mol. The van der Waals surface area contributed by atoms with Crippen molar-refractivity contribution >= 4 is 5.78 Å². The number of hydrogen-bond donors (Lipinski definition) is 0. The van der Waals surface area contributed by atoms with E-state index in [9.17, 15) is 9.18 Å². The van der Waals surface area contributed by atoms with Crippen molar-refractivity contribution in [3.63, 3.8) is 0 Å².